The van der Waals surface area contributed by atoms with Crippen LogP contribution in [0.5, 0.6) is 0 Å². The van der Waals surface area contributed by atoms with E-state index in [0.717, 1.165) is 0 Å². The molecular formula is C19H24O5. The largest absolute Gasteiger partial charge is 0.465 e. The van der Waals surface area contributed by atoms with E-state index in [4.69, 9.17) is 9.47 Å². The average molecular weight is 332 g/mol. The van der Waals surface area contributed by atoms with Gasteiger partial charge in [-0.15, -0.1) is 0 Å². The number of cyclic esters (lactones) is 1. The number of esters is 2. The SMILES string of the molecule is CCOC(=O)C1C(=O)OC(C)(C)C1C(CC)C(=O)c1ccccc1. The molecule has 1 aromatic carbocycles. The van der Waals surface area contributed by atoms with Gasteiger partial charge in [0, 0.05) is 17.4 Å². The zero-order chi connectivity index (χ0) is 17.9. The fourth-order valence-corrected chi connectivity index (χ4v) is 3.55. The van der Waals surface area contributed by atoms with Crippen molar-refractivity contribution in [2.45, 2.75) is 39.7 Å². The number of ketones is 1. The van der Waals surface area contributed by atoms with E-state index in [1.54, 1.807) is 45.0 Å². The van der Waals surface area contributed by atoms with Crippen LogP contribution in [-0.2, 0) is 19.1 Å². The van der Waals surface area contributed by atoms with Crippen LogP contribution in [0.4, 0.5) is 0 Å². The molecule has 2 rings (SSSR count). The number of benzene rings is 1. The lowest BCUT2D eigenvalue weighted by Gasteiger charge is -2.32. The highest BCUT2D eigenvalue weighted by Crippen LogP contribution is 2.44. The molecule has 1 aliphatic heterocycles. The molecule has 1 aliphatic rings. The molecule has 130 valence electrons. The van der Waals surface area contributed by atoms with Gasteiger partial charge in [0.15, 0.2) is 11.7 Å². The van der Waals surface area contributed by atoms with Gasteiger partial charge in [-0.25, -0.2) is 0 Å². The minimum absolute atomic E-state index is 0.0798. The second-order valence-corrected chi connectivity index (χ2v) is 6.53. The molecule has 1 fully saturated rings. The molecule has 5 nitrogen and oxygen atoms in total. The number of hydrogen-bond donors (Lipinski definition) is 0. The first-order valence-corrected chi connectivity index (χ1v) is 8.32. The molecule has 0 radical (unpaired) electrons. The van der Waals surface area contributed by atoms with Crippen LogP contribution in [0.15, 0.2) is 30.3 Å². The number of Topliss-reactive ketones (excluding diaryl/α,β-unsaturated/α-hetero) is 1. The highest BCUT2D eigenvalue weighted by molar-refractivity contribution is 6.01. The molecule has 0 spiro atoms. The first-order valence-electron chi connectivity index (χ1n) is 8.32. The lowest BCUT2D eigenvalue weighted by Crippen LogP contribution is -2.42. The summed E-state index contributed by atoms with van der Waals surface area (Å²) in [6, 6.07) is 8.92. The molecule has 0 aromatic heterocycles. The monoisotopic (exact) mass is 332 g/mol. The van der Waals surface area contributed by atoms with Crippen molar-refractivity contribution in [3.05, 3.63) is 35.9 Å². The van der Waals surface area contributed by atoms with E-state index in [9.17, 15) is 14.4 Å². The maximum absolute atomic E-state index is 13.0. The number of ether oxygens (including phenoxy) is 2. The summed E-state index contributed by atoms with van der Waals surface area (Å²) in [4.78, 5) is 37.5. The number of carbonyl (C=O) groups excluding carboxylic acids is 3. The smallest absolute Gasteiger partial charge is 0.321 e. The van der Waals surface area contributed by atoms with Crippen molar-refractivity contribution in [1.82, 2.24) is 0 Å². The van der Waals surface area contributed by atoms with Crippen LogP contribution in [-0.4, -0.2) is 29.9 Å². The van der Waals surface area contributed by atoms with E-state index < -0.39 is 35.3 Å². The first-order chi connectivity index (χ1) is 11.3. The molecule has 24 heavy (non-hydrogen) atoms. The number of rotatable bonds is 6. The highest BCUT2D eigenvalue weighted by atomic mass is 16.6. The van der Waals surface area contributed by atoms with E-state index in [0.29, 0.717) is 12.0 Å². The number of hydrogen-bond acceptors (Lipinski definition) is 5. The van der Waals surface area contributed by atoms with Crippen LogP contribution in [0.25, 0.3) is 0 Å². The fourth-order valence-electron chi connectivity index (χ4n) is 3.55. The Balaban J connectivity index is 2.40. The Hall–Kier alpha value is -2.17. The van der Waals surface area contributed by atoms with Gasteiger partial charge in [-0.3, -0.25) is 14.4 Å². The Bertz CT molecular complexity index is 620. The molecule has 0 aliphatic carbocycles. The molecule has 3 atom stereocenters. The molecule has 1 heterocycles. The Morgan fingerprint density at radius 1 is 1.21 bits per heavy atom. The zero-order valence-electron chi connectivity index (χ0n) is 14.6. The molecule has 1 saturated heterocycles. The van der Waals surface area contributed by atoms with E-state index in [1.165, 1.54) is 0 Å². The molecule has 0 bridgehead atoms. The molecular weight excluding hydrogens is 308 g/mol. The maximum Gasteiger partial charge on any atom is 0.321 e. The summed E-state index contributed by atoms with van der Waals surface area (Å²) in [5, 5.41) is 0. The lowest BCUT2D eigenvalue weighted by molar-refractivity contribution is -0.157. The quantitative estimate of drug-likeness (QED) is 0.455. The van der Waals surface area contributed by atoms with Gasteiger partial charge in [-0.05, 0) is 27.2 Å². The Kier molecular flexibility index (Phi) is 5.42. The van der Waals surface area contributed by atoms with E-state index >= 15 is 0 Å². The second kappa shape index (κ2) is 7.16. The van der Waals surface area contributed by atoms with Crippen LogP contribution >= 0.6 is 0 Å². The predicted octanol–water partition coefficient (Wildman–Crippen LogP) is 3.03. The maximum atomic E-state index is 13.0. The third-order valence-corrected chi connectivity index (χ3v) is 4.59. The van der Waals surface area contributed by atoms with Crippen molar-refractivity contribution >= 4 is 17.7 Å². The molecule has 3 unspecified atom stereocenters. The summed E-state index contributed by atoms with van der Waals surface area (Å²) in [7, 11) is 0. The van der Waals surface area contributed by atoms with Gasteiger partial charge in [0.2, 0.25) is 0 Å². The van der Waals surface area contributed by atoms with Gasteiger partial charge in [-0.2, -0.15) is 0 Å². The predicted molar refractivity (Wildman–Crippen MR) is 88.3 cm³/mol. The van der Waals surface area contributed by atoms with Crippen molar-refractivity contribution in [2.24, 2.45) is 17.8 Å². The average Bonchev–Trinajstić information content (AvgIpc) is 2.78. The van der Waals surface area contributed by atoms with Crippen molar-refractivity contribution in [2.75, 3.05) is 6.61 Å². The molecule has 0 amide bonds. The first kappa shape index (κ1) is 18.2. The number of carbonyl (C=O) groups is 3. The normalized spacial score (nSPS) is 23.4. The van der Waals surface area contributed by atoms with Gasteiger partial charge in [0.05, 0.1) is 6.61 Å². The lowest BCUT2D eigenvalue weighted by atomic mass is 9.70. The molecule has 5 heteroatoms. The minimum Gasteiger partial charge on any atom is -0.465 e. The van der Waals surface area contributed by atoms with Crippen molar-refractivity contribution in [3.63, 3.8) is 0 Å². The minimum atomic E-state index is -1.06. The zero-order valence-corrected chi connectivity index (χ0v) is 14.6. The van der Waals surface area contributed by atoms with Gasteiger partial charge >= 0.3 is 11.9 Å². The summed E-state index contributed by atoms with van der Waals surface area (Å²) >= 11 is 0. The van der Waals surface area contributed by atoms with Crippen LogP contribution < -0.4 is 0 Å². The molecule has 0 saturated carbocycles. The van der Waals surface area contributed by atoms with Crippen molar-refractivity contribution in [1.29, 1.82) is 0 Å². The highest BCUT2D eigenvalue weighted by Gasteiger charge is 2.58. The Labute approximate surface area is 142 Å². The Morgan fingerprint density at radius 3 is 2.38 bits per heavy atom. The summed E-state index contributed by atoms with van der Waals surface area (Å²) in [5.41, 5.74) is -0.332. The fraction of sp³-hybridized carbons (Fsp3) is 0.526. The van der Waals surface area contributed by atoms with Crippen LogP contribution in [0, 0.1) is 17.8 Å². The summed E-state index contributed by atoms with van der Waals surface area (Å²) < 4.78 is 10.5. The third kappa shape index (κ3) is 3.35. The van der Waals surface area contributed by atoms with Gasteiger partial charge in [0.1, 0.15) is 5.60 Å². The van der Waals surface area contributed by atoms with Crippen LogP contribution in [0.3, 0.4) is 0 Å². The van der Waals surface area contributed by atoms with Crippen molar-refractivity contribution in [3.8, 4) is 0 Å². The second-order valence-electron chi connectivity index (χ2n) is 6.53. The van der Waals surface area contributed by atoms with Crippen LogP contribution in [0.2, 0.25) is 0 Å². The van der Waals surface area contributed by atoms with E-state index in [2.05, 4.69) is 0 Å². The van der Waals surface area contributed by atoms with E-state index in [-0.39, 0.29) is 12.4 Å². The Morgan fingerprint density at radius 2 is 1.83 bits per heavy atom. The molecule has 0 N–H and O–H groups in total. The standard InChI is InChI=1S/C19H24O5/c1-5-13(16(20)12-10-8-7-9-11-12)15-14(17(21)23-6-2)18(22)24-19(15,3)4/h7-11,13-15H,5-6H2,1-4H3. The van der Waals surface area contributed by atoms with Gasteiger partial charge in [0.25, 0.3) is 0 Å². The van der Waals surface area contributed by atoms with Crippen LogP contribution in [0.1, 0.15) is 44.5 Å². The van der Waals surface area contributed by atoms with Gasteiger partial charge < -0.3 is 9.47 Å². The topological polar surface area (TPSA) is 69.7 Å². The van der Waals surface area contributed by atoms with Gasteiger partial charge in [-0.1, -0.05) is 37.3 Å². The van der Waals surface area contributed by atoms with Crippen molar-refractivity contribution < 1.29 is 23.9 Å². The summed E-state index contributed by atoms with van der Waals surface area (Å²) in [6.45, 7) is 7.24. The summed E-state index contributed by atoms with van der Waals surface area (Å²) in [6.07, 6.45) is 0.508. The molecule has 1 aromatic rings. The van der Waals surface area contributed by atoms with E-state index in [1.807, 2.05) is 13.0 Å². The summed E-state index contributed by atoms with van der Waals surface area (Å²) in [5.74, 6) is -3.41. The third-order valence-electron chi connectivity index (χ3n) is 4.59.